The van der Waals surface area contributed by atoms with Gasteiger partial charge in [0.1, 0.15) is 18.2 Å². The van der Waals surface area contributed by atoms with E-state index in [1.54, 1.807) is 12.1 Å². The molecule has 4 rings (SSSR count). The molecule has 27 heavy (non-hydrogen) atoms. The van der Waals surface area contributed by atoms with Gasteiger partial charge in [-0.15, -0.1) is 5.10 Å². The van der Waals surface area contributed by atoms with E-state index in [2.05, 4.69) is 20.4 Å². The highest BCUT2D eigenvalue weighted by Crippen LogP contribution is 2.35. The van der Waals surface area contributed by atoms with Crippen molar-refractivity contribution in [3.8, 4) is 11.5 Å². The molecule has 1 fully saturated rings. The molecule has 0 bridgehead atoms. The van der Waals surface area contributed by atoms with Crippen molar-refractivity contribution in [2.24, 2.45) is 11.7 Å². The molecule has 0 spiro atoms. The zero-order chi connectivity index (χ0) is 18.8. The lowest BCUT2D eigenvalue weighted by molar-refractivity contribution is -0.125. The fraction of sp³-hybridized carbons (Fsp3) is 0.333. The third-order valence-corrected chi connectivity index (χ3v) is 4.46. The smallest absolute Gasteiger partial charge is 0.258 e. The molecule has 1 saturated carbocycles. The lowest BCUT2D eigenvalue weighted by Crippen LogP contribution is -2.34. The summed E-state index contributed by atoms with van der Waals surface area (Å²) in [5.41, 5.74) is 13.0. The number of pyridine rings is 1. The highest BCUT2D eigenvalue weighted by atomic mass is 16.5. The van der Waals surface area contributed by atoms with E-state index in [0.717, 1.165) is 18.4 Å². The molecule has 2 heterocycles. The van der Waals surface area contributed by atoms with Crippen LogP contribution in [0.1, 0.15) is 24.8 Å². The number of rotatable bonds is 8. The van der Waals surface area contributed by atoms with Crippen LogP contribution in [0.15, 0.2) is 30.3 Å². The van der Waals surface area contributed by atoms with E-state index in [1.807, 2.05) is 18.2 Å². The average Bonchev–Trinajstić information content (AvgIpc) is 3.34. The molecule has 5 N–H and O–H groups in total. The van der Waals surface area contributed by atoms with Gasteiger partial charge in [-0.25, -0.2) is 4.98 Å². The van der Waals surface area contributed by atoms with Crippen LogP contribution in [0.4, 0.5) is 5.82 Å². The predicted octanol–water partition coefficient (Wildman–Crippen LogP) is 1.55. The molecule has 9 nitrogen and oxygen atoms in total. The summed E-state index contributed by atoms with van der Waals surface area (Å²) >= 11 is 0. The van der Waals surface area contributed by atoms with Crippen LogP contribution in [0.3, 0.4) is 0 Å². The van der Waals surface area contributed by atoms with Crippen LogP contribution < -0.4 is 20.9 Å². The number of nitrogen functional groups attached to an aromatic ring is 1. The van der Waals surface area contributed by atoms with Gasteiger partial charge in [-0.05, 0) is 18.4 Å². The van der Waals surface area contributed by atoms with Crippen molar-refractivity contribution in [1.82, 2.24) is 20.4 Å². The van der Waals surface area contributed by atoms with Crippen molar-refractivity contribution in [1.29, 1.82) is 0 Å². The number of H-pyrrole nitrogens is 1. The number of nitrogens with zero attached hydrogens (tertiary/aromatic N) is 3. The van der Waals surface area contributed by atoms with Crippen LogP contribution in [0.2, 0.25) is 0 Å². The number of amides is 1. The lowest BCUT2D eigenvalue weighted by Gasteiger charge is -2.18. The molecule has 0 radical (unpaired) electrons. The number of ether oxygens (including phenoxy) is 2. The van der Waals surface area contributed by atoms with E-state index < -0.39 is 12.0 Å². The molecule has 1 aliphatic rings. The van der Waals surface area contributed by atoms with Gasteiger partial charge >= 0.3 is 0 Å². The minimum Gasteiger partial charge on any atom is -0.486 e. The van der Waals surface area contributed by atoms with Crippen LogP contribution in [0.25, 0.3) is 11.2 Å². The summed E-state index contributed by atoms with van der Waals surface area (Å²) in [6.45, 7) is 0.205. The van der Waals surface area contributed by atoms with Crippen LogP contribution in [-0.4, -0.2) is 32.4 Å². The number of anilines is 1. The lowest BCUT2D eigenvalue weighted by atomic mass is 10.1. The quantitative estimate of drug-likeness (QED) is 0.547. The van der Waals surface area contributed by atoms with Gasteiger partial charge in [-0.3, -0.25) is 4.79 Å². The number of aromatic amines is 1. The molecule has 0 aliphatic heterocycles. The van der Waals surface area contributed by atoms with Gasteiger partial charge in [-0.2, -0.15) is 10.3 Å². The number of nitrogens with one attached hydrogen (secondary N) is 1. The van der Waals surface area contributed by atoms with E-state index in [4.69, 9.17) is 20.9 Å². The van der Waals surface area contributed by atoms with Crippen molar-refractivity contribution in [2.45, 2.75) is 32.0 Å². The zero-order valence-electron chi connectivity index (χ0n) is 14.6. The Hall–Kier alpha value is -3.36. The van der Waals surface area contributed by atoms with Gasteiger partial charge < -0.3 is 20.9 Å². The second-order valence-electron chi connectivity index (χ2n) is 6.63. The van der Waals surface area contributed by atoms with E-state index in [1.165, 1.54) is 0 Å². The molecule has 140 valence electrons. The Morgan fingerprint density at radius 2 is 2.07 bits per heavy atom. The Balaban J connectivity index is 1.52. The monoisotopic (exact) mass is 368 g/mol. The van der Waals surface area contributed by atoms with Gasteiger partial charge in [0.05, 0.1) is 0 Å². The predicted molar refractivity (Wildman–Crippen MR) is 97.8 cm³/mol. The maximum Gasteiger partial charge on any atom is 0.258 e. The topological polar surface area (TPSA) is 142 Å². The van der Waals surface area contributed by atoms with E-state index >= 15 is 0 Å². The third kappa shape index (κ3) is 3.91. The third-order valence-electron chi connectivity index (χ3n) is 4.46. The van der Waals surface area contributed by atoms with Crippen molar-refractivity contribution in [2.75, 3.05) is 5.73 Å². The number of hydrogen-bond donors (Lipinski definition) is 3. The number of fused-ring (bicyclic) bond motifs is 1. The van der Waals surface area contributed by atoms with Gasteiger partial charge in [0.2, 0.25) is 5.65 Å². The van der Waals surface area contributed by atoms with E-state index in [-0.39, 0.29) is 12.4 Å². The normalized spacial score (nSPS) is 14.8. The summed E-state index contributed by atoms with van der Waals surface area (Å²) in [5.74, 6) is 1.38. The number of primary amides is 1. The number of carbonyl (C=O) groups is 1. The van der Waals surface area contributed by atoms with Gasteiger partial charge in [0.25, 0.3) is 5.91 Å². The van der Waals surface area contributed by atoms with Gasteiger partial charge in [0, 0.05) is 11.6 Å². The van der Waals surface area contributed by atoms with Crippen molar-refractivity contribution in [3.05, 3.63) is 35.9 Å². The van der Waals surface area contributed by atoms with Crippen molar-refractivity contribution >= 4 is 22.9 Å². The molecule has 1 amide bonds. The Labute approximate surface area is 155 Å². The molecule has 1 unspecified atom stereocenters. The summed E-state index contributed by atoms with van der Waals surface area (Å²) in [6.07, 6.45) is 2.24. The Kier molecular flexibility index (Phi) is 4.49. The molecule has 0 saturated heterocycles. The average molecular weight is 368 g/mol. The van der Waals surface area contributed by atoms with Crippen LogP contribution >= 0.6 is 0 Å². The Morgan fingerprint density at radius 1 is 1.26 bits per heavy atom. The van der Waals surface area contributed by atoms with Crippen molar-refractivity contribution < 1.29 is 14.3 Å². The number of para-hydroxylation sites is 1. The Bertz CT molecular complexity index is 969. The first kappa shape index (κ1) is 17.1. The molecule has 1 aromatic carbocycles. The van der Waals surface area contributed by atoms with E-state index in [9.17, 15) is 4.79 Å². The number of aromatic nitrogens is 4. The molecule has 3 aromatic rings. The molecule has 1 aliphatic carbocycles. The maximum atomic E-state index is 11.7. The number of hydrogen-bond acceptors (Lipinski definition) is 7. The van der Waals surface area contributed by atoms with Crippen molar-refractivity contribution in [3.63, 3.8) is 0 Å². The van der Waals surface area contributed by atoms with Crippen LogP contribution in [0.5, 0.6) is 11.5 Å². The molecule has 1 atom stereocenters. The second-order valence-corrected chi connectivity index (χ2v) is 6.63. The molecule has 9 heteroatoms. The summed E-state index contributed by atoms with van der Waals surface area (Å²) in [4.78, 5) is 15.8. The summed E-state index contributed by atoms with van der Waals surface area (Å²) in [6, 6.07) is 8.98. The maximum absolute atomic E-state index is 11.7. The van der Waals surface area contributed by atoms with Gasteiger partial charge in [0.15, 0.2) is 17.4 Å². The fourth-order valence-corrected chi connectivity index (χ4v) is 2.86. The summed E-state index contributed by atoms with van der Waals surface area (Å²) in [7, 11) is 0. The van der Waals surface area contributed by atoms with Crippen LogP contribution in [-0.2, 0) is 11.4 Å². The molecular weight excluding hydrogens is 348 g/mol. The zero-order valence-corrected chi connectivity index (χ0v) is 14.6. The van der Waals surface area contributed by atoms with Crippen LogP contribution in [0, 0.1) is 5.92 Å². The minimum absolute atomic E-state index is 0.205. The molecular formula is C18H20N6O3. The first-order valence-electron chi connectivity index (χ1n) is 8.74. The second kappa shape index (κ2) is 7.10. The standard InChI is InChI=1S/C18H20N6O3/c19-15-8-13(16-18(21-15)23-24-22-16)26-9-11-3-1-2-4-12(11)27-14(17(20)25)7-10-5-6-10/h1-4,8,10,14H,5-7,9H2,(H2,20,25)(H3,19,21,22,23,24). The number of benzene rings is 1. The number of nitrogens with two attached hydrogens (primary N) is 2. The summed E-state index contributed by atoms with van der Waals surface area (Å²) < 4.78 is 11.8. The first-order valence-corrected chi connectivity index (χ1v) is 8.74. The largest absolute Gasteiger partial charge is 0.486 e. The first-order chi connectivity index (χ1) is 13.1. The SMILES string of the molecule is NC(=O)C(CC1CC1)Oc1ccccc1COc1cc(N)nc2n[nH]nc12. The Morgan fingerprint density at radius 3 is 2.85 bits per heavy atom. The summed E-state index contributed by atoms with van der Waals surface area (Å²) in [5, 5.41) is 10.5. The van der Waals surface area contributed by atoms with Gasteiger partial charge in [-0.1, -0.05) is 31.0 Å². The number of carbonyl (C=O) groups excluding carboxylic acids is 1. The highest BCUT2D eigenvalue weighted by molar-refractivity contribution is 5.79. The minimum atomic E-state index is -0.641. The fourth-order valence-electron chi connectivity index (χ4n) is 2.86. The highest BCUT2D eigenvalue weighted by Gasteiger charge is 2.30. The van der Waals surface area contributed by atoms with E-state index in [0.29, 0.717) is 35.0 Å². The molecule has 2 aromatic heterocycles.